The van der Waals surface area contributed by atoms with Gasteiger partial charge in [-0.1, -0.05) is 6.07 Å². The van der Waals surface area contributed by atoms with Crippen molar-refractivity contribution in [3.05, 3.63) is 59.9 Å². The molecule has 0 saturated carbocycles. The summed E-state index contributed by atoms with van der Waals surface area (Å²) in [6.45, 7) is 0. The first kappa shape index (κ1) is 11.5. The topological polar surface area (TPSA) is 63.3 Å². The second-order valence-corrected chi connectivity index (χ2v) is 5.14. The fraction of sp³-hybridized carbons (Fsp3) is 0.267. The van der Waals surface area contributed by atoms with Crippen molar-refractivity contribution < 1.29 is 5.11 Å². The molecule has 0 aliphatic heterocycles. The van der Waals surface area contributed by atoms with Crippen LogP contribution >= 0.6 is 0 Å². The Morgan fingerprint density at radius 2 is 2.25 bits per heavy atom. The van der Waals surface area contributed by atoms with Crippen LogP contribution in [0, 0.1) is 0 Å². The van der Waals surface area contributed by atoms with Crippen molar-refractivity contribution in [2.45, 2.75) is 24.9 Å². The molecule has 0 amide bonds. The molecule has 0 spiro atoms. The van der Waals surface area contributed by atoms with Crippen LogP contribution in [-0.4, -0.2) is 24.7 Å². The minimum atomic E-state index is -0.590. The summed E-state index contributed by atoms with van der Waals surface area (Å²) in [4.78, 5) is 8.56. The number of aryl methyl sites for hydroxylation is 1. The van der Waals surface area contributed by atoms with Gasteiger partial charge in [0, 0.05) is 35.8 Å². The zero-order valence-corrected chi connectivity index (χ0v) is 10.8. The van der Waals surface area contributed by atoms with E-state index in [1.165, 1.54) is 5.56 Å². The quantitative estimate of drug-likeness (QED) is 0.769. The van der Waals surface area contributed by atoms with Gasteiger partial charge in [0.25, 0.3) is 0 Å². The Hall–Kier alpha value is -2.27. The summed E-state index contributed by atoms with van der Waals surface area (Å²) in [6, 6.07) is 4.04. The molecule has 0 radical (unpaired) electrons. The van der Waals surface area contributed by atoms with Gasteiger partial charge < -0.3 is 5.11 Å². The molecule has 0 fully saturated rings. The van der Waals surface area contributed by atoms with Gasteiger partial charge in [-0.05, 0) is 24.5 Å². The lowest BCUT2D eigenvalue weighted by atomic mass is 9.94. The van der Waals surface area contributed by atoms with Gasteiger partial charge in [0.05, 0.1) is 24.0 Å². The Morgan fingerprint density at radius 3 is 3.20 bits per heavy atom. The van der Waals surface area contributed by atoms with E-state index in [2.05, 4.69) is 21.1 Å². The summed E-state index contributed by atoms with van der Waals surface area (Å²) in [5.41, 5.74) is 3.93. The second-order valence-electron chi connectivity index (χ2n) is 5.14. The van der Waals surface area contributed by atoms with Crippen LogP contribution in [0.25, 0.3) is 5.52 Å². The van der Waals surface area contributed by atoms with Crippen LogP contribution in [0.2, 0.25) is 0 Å². The van der Waals surface area contributed by atoms with E-state index in [1.807, 2.05) is 6.07 Å². The number of rotatable bonds is 2. The summed E-state index contributed by atoms with van der Waals surface area (Å²) in [7, 11) is 0. The minimum Gasteiger partial charge on any atom is -0.388 e. The maximum atomic E-state index is 10.7. The Bertz CT molecular complexity index is 767. The van der Waals surface area contributed by atoms with Crippen LogP contribution in [0.5, 0.6) is 0 Å². The Labute approximate surface area is 115 Å². The number of hydrogen-bond acceptors (Lipinski definition) is 4. The van der Waals surface area contributed by atoms with E-state index in [0.29, 0.717) is 0 Å². The smallest absolute Gasteiger partial charge is 0.0911 e. The molecule has 0 aromatic carbocycles. The molecule has 5 nitrogen and oxygen atoms in total. The van der Waals surface area contributed by atoms with Crippen LogP contribution in [0.3, 0.4) is 0 Å². The maximum Gasteiger partial charge on any atom is 0.0911 e. The Kier molecular flexibility index (Phi) is 2.53. The highest BCUT2D eigenvalue weighted by atomic mass is 16.3. The van der Waals surface area contributed by atoms with Crippen LogP contribution in [0.4, 0.5) is 0 Å². The van der Waals surface area contributed by atoms with Gasteiger partial charge in [-0.2, -0.15) is 5.10 Å². The molecule has 1 aliphatic rings. The van der Waals surface area contributed by atoms with E-state index in [4.69, 9.17) is 0 Å². The van der Waals surface area contributed by atoms with Crippen molar-refractivity contribution in [3.63, 3.8) is 0 Å². The number of nitrogens with zero attached hydrogens (tertiary/aromatic N) is 4. The van der Waals surface area contributed by atoms with E-state index >= 15 is 0 Å². The van der Waals surface area contributed by atoms with Gasteiger partial charge in [0.2, 0.25) is 0 Å². The molecule has 3 aromatic rings. The zero-order valence-electron chi connectivity index (χ0n) is 10.8. The molecule has 2 unspecified atom stereocenters. The van der Waals surface area contributed by atoms with Crippen LogP contribution in [-0.2, 0) is 6.42 Å². The lowest BCUT2D eigenvalue weighted by Gasteiger charge is -2.17. The average Bonchev–Trinajstić information content (AvgIpc) is 3.11. The van der Waals surface area contributed by atoms with E-state index in [1.54, 1.807) is 35.5 Å². The number of aliphatic hydroxyl groups excluding tert-OH is 1. The molecule has 4 rings (SSSR count). The van der Waals surface area contributed by atoms with Crippen molar-refractivity contribution in [1.29, 1.82) is 0 Å². The minimum absolute atomic E-state index is 0.0411. The van der Waals surface area contributed by atoms with Gasteiger partial charge >= 0.3 is 0 Å². The first-order chi connectivity index (χ1) is 9.84. The van der Waals surface area contributed by atoms with Crippen LogP contribution in [0.1, 0.15) is 35.3 Å². The molecule has 0 bridgehead atoms. The van der Waals surface area contributed by atoms with E-state index in [-0.39, 0.29) is 5.92 Å². The highest BCUT2D eigenvalue weighted by Crippen LogP contribution is 2.41. The van der Waals surface area contributed by atoms with Crippen molar-refractivity contribution in [2.75, 3.05) is 0 Å². The molecule has 0 saturated heterocycles. The summed E-state index contributed by atoms with van der Waals surface area (Å²) >= 11 is 0. The number of fused-ring (bicyclic) bond motifs is 2. The lowest BCUT2D eigenvalue weighted by Crippen LogP contribution is -2.09. The summed E-state index contributed by atoms with van der Waals surface area (Å²) < 4.78 is 1.74. The van der Waals surface area contributed by atoms with Crippen molar-refractivity contribution in [3.8, 4) is 0 Å². The van der Waals surface area contributed by atoms with Gasteiger partial charge in [-0.15, -0.1) is 0 Å². The van der Waals surface area contributed by atoms with Gasteiger partial charge in [0.1, 0.15) is 0 Å². The number of aromatic nitrogens is 4. The number of aliphatic hydroxyl groups is 1. The molecule has 20 heavy (non-hydrogen) atoms. The van der Waals surface area contributed by atoms with Crippen LogP contribution < -0.4 is 0 Å². The first-order valence-corrected chi connectivity index (χ1v) is 6.73. The van der Waals surface area contributed by atoms with Gasteiger partial charge in [-0.3, -0.25) is 9.97 Å². The molecular weight excluding hydrogens is 252 g/mol. The third-order valence-corrected chi connectivity index (χ3v) is 4.06. The van der Waals surface area contributed by atoms with Crippen molar-refractivity contribution in [2.24, 2.45) is 0 Å². The normalized spacial score (nSPS) is 19.1. The predicted molar refractivity (Wildman–Crippen MR) is 73.2 cm³/mol. The zero-order chi connectivity index (χ0) is 13.5. The highest BCUT2D eigenvalue weighted by Gasteiger charge is 2.32. The maximum absolute atomic E-state index is 10.7. The van der Waals surface area contributed by atoms with Crippen molar-refractivity contribution in [1.82, 2.24) is 19.6 Å². The van der Waals surface area contributed by atoms with Crippen LogP contribution in [0.15, 0.2) is 43.1 Å². The molecule has 1 aliphatic carbocycles. The third-order valence-electron chi connectivity index (χ3n) is 4.06. The SMILES string of the molecule is OC(c1cnn2ccncc12)C1CCc2cccnc21. The predicted octanol–water partition coefficient (Wildman–Crippen LogP) is 1.89. The summed E-state index contributed by atoms with van der Waals surface area (Å²) in [5, 5.41) is 15.0. The van der Waals surface area contributed by atoms with Gasteiger partial charge in [0.15, 0.2) is 0 Å². The fourth-order valence-corrected chi connectivity index (χ4v) is 3.05. The van der Waals surface area contributed by atoms with Gasteiger partial charge in [-0.25, -0.2) is 4.52 Å². The number of pyridine rings is 1. The molecule has 100 valence electrons. The molecule has 2 atom stereocenters. The number of hydrogen-bond donors (Lipinski definition) is 1. The molecule has 3 heterocycles. The summed E-state index contributed by atoms with van der Waals surface area (Å²) in [5.74, 6) is 0.0411. The Balaban J connectivity index is 1.77. The molecule has 3 aromatic heterocycles. The van der Waals surface area contributed by atoms with E-state index in [0.717, 1.165) is 29.6 Å². The second kappa shape index (κ2) is 4.38. The highest BCUT2D eigenvalue weighted by molar-refractivity contribution is 5.53. The molecule has 1 N–H and O–H groups in total. The summed E-state index contributed by atoms with van der Waals surface area (Å²) in [6.07, 6.45) is 10.0. The average molecular weight is 266 g/mol. The fourth-order valence-electron chi connectivity index (χ4n) is 3.05. The van der Waals surface area contributed by atoms with E-state index in [9.17, 15) is 5.11 Å². The first-order valence-electron chi connectivity index (χ1n) is 6.73. The largest absolute Gasteiger partial charge is 0.388 e. The molecule has 5 heteroatoms. The van der Waals surface area contributed by atoms with E-state index < -0.39 is 6.10 Å². The Morgan fingerprint density at radius 1 is 1.30 bits per heavy atom. The lowest BCUT2D eigenvalue weighted by molar-refractivity contribution is 0.144. The monoisotopic (exact) mass is 266 g/mol. The van der Waals surface area contributed by atoms with Crippen molar-refractivity contribution >= 4 is 5.52 Å². The standard InChI is InChI=1S/C15H14N4O/c20-15(11-4-3-10-2-1-5-17-14(10)11)12-8-18-19-7-6-16-9-13(12)19/h1-2,5-9,11,15,20H,3-4H2. The third kappa shape index (κ3) is 1.63. The molecular formula is C15H14N4O.